The third kappa shape index (κ3) is 4.13. The highest BCUT2D eigenvalue weighted by molar-refractivity contribution is 6.07. The van der Waals surface area contributed by atoms with Gasteiger partial charge in [-0.3, -0.25) is 4.79 Å². The van der Waals surface area contributed by atoms with E-state index in [4.69, 9.17) is 14.2 Å². The van der Waals surface area contributed by atoms with Crippen LogP contribution in [0.3, 0.4) is 0 Å². The van der Waals surface area contributed by atoms with Crippen molar-refractivity contribution in [3.8, 4) is 5.88 Å². The molecule has 0 saturated carbocycles. The summed E-state index contributed by atoms with van der Waals surface area (Å²) in [6.07, 6.45) is 2.26. The number of anilines is 1. The molecule has 1 fully saturated rings. The molecule has 1 amide bonds. The van der Waals surface area contributed by atoms with Crippen LogP contribution in [-0.4, -0.2) is 43.3 Å². The van der Waals surface area contributed by atoms with Gasteiger partial charge in [-0.2, -0.15) is 0 Å². The second-order valence-electron chi connectivity index (χ2n) is 5.48. The first-order valence-electron chi connectivity index (χ1n) is 7.86. The number of carbonyl (C=O) groups excluding carboxylic acids is 2. The van der Waals surface area contributed by atoms with Gasteiger partial charge < -0.3 is 19.5 Å². The molecule has 0 radical (unpaired) electrons. The number of esters is 1. The summed E-state index contributed by atoms with van der Waals surface area (Å²) in [6, 6.07) is 9.90. The Morgan fingerprint density at radius 3 is 2.76 bits per heavy atom. The highest BCUT2D eigenvalue weighted by Crippen LogP contribution is 2.18. The Bertz CT molecular complexity index is 754. The fourth-order valence-electron chi connectivity index (χ4n) is 2.44. The minimum absolute atomic E-state index is 0.000824. The molecule has 2 aromatic rings. The molecule has 1 N–H and O–H groups in total. The first-order valence-corrected chi connectivity index (χ1v) is 7.86. The molecule has 1 aliphatic rings. The van der Waals surface area contributed by atoms with Gasteiger partial charge in [-0.15, -0.1) is 0 Å². The quantitative estimate of drug-likeness (QED) is 0.839. The van der Waals surface area contributed by atoms with Crippen LogP contribution in [0.5, 0.6) is 5.88 Å². The van der Waals surface area contributed by atoms with Gasteiger partial charge in [0.05, 0.1) is 37.1 Å². The van der Waals surface area contributed by atoms with Crippen molar-refractivity contribution in [1.82, 2.24) is 4.98 Å². The van der Waals surface area contributed by atoms with E-state index in [9.17, 15) is 9.59 Å². The highest BCUT2D eigenvalue weighted by atomic mass is 16.5. The van der Waals surface area contributed by atoms with Crippen LogP contribution < -0.4 is 10.1 Å². The van der Waals surface area contributed by atoms with Crippen LogP contribution >= 0.6 is 0 Å². The zero-order valence-corrected chi connectivity index (χ0v) is 13.7. The summed E-state index contributed by atoms with van der Waals surface area (Å²) in [7, 11) is 1.29. The van der Waals surface area contributed by atoms with E-state index in [-0.39, 0.29) is 17.6 Å². The van der Waals surface area contributed by atoms with Crippen molar-refractivity contribution < 1.29 is 23.8 Å². The summed E-state index contributed by atoms with van der Waals surface area (Å²) in [4.78, 5) is 28.3. The Morgan fingerprint density at radius 2 is 2.08 bits per heavy atom. The lowest BCUT2D eigenvalue weighted by atomic mass is 10.1. The van der Waals surface area contributed by atoms with E-state index < -0.39 is 5.97 Å². The maximum atomic E-state index is 12.4. The number of hydrogen-bond donors (Lipinski definition) is 1. The summed E-state index contributed by atoms with van der Waals surface area (Å²) in [6.45, 7) is 1.24. The van der Waals surface area contributed by atoms with Crippen molar-refractivity contribution in [2.45, 2.75) is 12.5 Å². The zero-order chi connectivity index (χ0) is 17.6. The maximum absolute atomic E-state index is 12.4. The van der Waals surface area contributed by atoms with Gasteiger partial charge in [0.15, 0.2) is 0 Å². The van der Waals surface area contributed by atoms with E-state index in [0.717, 1.165) is 6.42 Å². The number of amides is 1. The van der Waals surface area contributed by atoms with Gasteiger partial charge in [-0.25, -0.2) is 9.78 Å². The molecule has 0 bridgehead atoms. The Morgan fingerprint density at radius 1 is 1.24 bits per heavy atom. The van der Waals surface area contributed by atoms with Crippen LogP contribution in [0.1, 0.15) is 27.1 Å². The molecule has 1 unspecified atom stereocenters. The summed E-state index contributed by atoms with van der Waals surface area (Å²) in [5.74, 6) is -0.446. The molecular formula is C18H18N2O5. The molecular weight excluding hydrogens is 324 g/mol. The third-order valence-corrected chi connectivity index (χ3v) is 3.75. The molecule has 7 heteroatoms. The summed E-state index contributed by atoms with van der Waals surface area (Å²) < 4.78 is 15.6. The van der Waals surface area contributed by atoms with Crippen LogP contribution in [0.2, 0.25) is 0 Å². The number of carbonyl (C=O) groups is 2. The minimum atomic E-state index is -0.517. The number of para-hydroxylation sites is 1. The van der Waals surface area contributed by atoms with Crippen LogP contribution in [0, 0.1) is 0 Å². The van der Waals surface area contributed by atoms with Gasteiger partial charge in [-0.1, -0.05) is 12.1 Å². The molecule has 1 atom stereocenters. The van der Waals surface area contributed by atoms with Crippen molar-refractivity contribution >= 4 is 17.6 Å². The smallest absolute Gasteiger partial charge is 0.339 e. The monoisotopic (exact) mass is 342 g/mol. The Kier molecular flexibility index (Phi) is 5.25. The number of methoxy groups -OCH3 is 1. The zero-order valence-electron chi connectivity index (χ0n) is 13.7. The molecule has 1 aromatic carbocycles. The van der Waals surface area contributed by atoms with E-state index >= 15 is 0 Å². The van der Waals surface area contributed by atoms with Crippen molar-refractivity contribution in [1.29, 1.82) is 0 Å². The normalized spacial score (nSPS) is 16.3. The molecule has 0 aliphatic carbocycles. The molecule has 1 saturated heterocycles. The van der Waals surface area contributed by atoms with Gasteiger partial charge in [0.25, 0.3) is 5.91 Å². The molecule has 1 aromatic heterocycles. The molecule has 3 rings (SSSR count). The van der Waals surface area contributed by atoms with E-state index in [2.05, 4.69) is 10.3 Å². The highest BCUT2D eigenvalue weighted by Gasteiger charge is 2.18. The fraction of sp³-hybridized carbons (Fsp3) is 0.278. The Hall–Kier alpha value is -2.93. The van der Waals surface area contributed by atoms with Gasteiger partial charge in [-0.05, 0) is 18.2 Å². The SMILES string of the molecule is COC(=O)c1ccccc1NC(=O)c1ccc(OC2CCOC2)nc1. The lowest BCUT2D eigenvalue weighted by molar-refractivity contribution is 0.0602. The number of benzene rings is 1. The fourth-order valence-corrected chi connectivity index (χ4v) is 2.44. The number of nitrogens with zero attached hydrogens (tertiary/aromatic N) is 1. The third-order valence-electron chi connectivity index (χ3n) is 3.75. The van der Waals surface area contributed by atoms with Crippen LogP contribution in [0.4, 0.5) is 5.69 Å². The predicted octanol–water partition coefficient (Wildman–Crippen LogP) is 2.29. The standard InChI is InChI=1S/C18H18N2O5/c1-23-18(22)14-4-2-3-5-15(14)20-17(21)12-6-7-16(19-10-12)25-13-8-9-24-11-13/h2-7,10,13H,8-9,11H2,1H3,(H,20,21). The van der Waals surface area contributed by atoms with Gasteiger partial charge in [0, 0.05) is 18.7 Å². The average Bonchev–Trinajstić information content (AvgIpc) is 3.15. The predicted molar refractivity (Wildman–Crippen MR) is 89.8 cm³/mol. The van der Waals surface area contributed by atoms with Gasteiger partial charge in [0.2, 0.25) is 5.88 Å². The number of aromatic nitrogens is 1. The second kappa shape index (κ2) is 7.76. The van der Waals surface area contributed by atoms with Gasteiger partial charge >= 0.3 is 5.97 Å². The maximum Gasteiger partial charge on any atom is 0.339 e. The van der Waals surface area contributed by atoms with Crippen molar-refractivity contribution in [2.24, 2.45) is 0 Å². The largest absolute Gasteiger partial charge is 0.472 e. The minimum Gasteiger partial charge on any atom is -0.472 e. The first-order chi connectivity index (χ1) is 12.2. The number of rotatable bonds is 5. The number of pyridine rings is 1. The number of hydrogen-bond acceptors (Lipinski definition) is 6. The van der Waals surface area contributed by atoms with E-state index in [1.54, 1.807) is 36.4 Å². The van der Waals surface area contributed by atoms with Crippen molar-refractivity contribution in [2.75, 3.05) is 25.6 Å². The van der Waals surface area contributed by atoms with Crippen LogP contribution in [0.25, 0.3) is 0 Å². The molecule has 25 heavy (non-hydrogen) atoms. The van der Waals surface area contributed by atoms with E-state index in [1.807, 2.05) is 0 Å². The van der Waals surface area contributed by atoms with Gasteiger partial charge in [0.1, 0.15) is 6.10 Å². The lowest BCUT2D eigenvalue weighted by Gasteiger charge is -2.12. The first kappa shape index (κ1) is 16.9. The summed E-state index contributed by atoms with van der Waals surface area (Å²) >= 11 is 0. The Labute approximate surface area is 144 Å². The molecule has 0 spiro atoms. The molecule has 7 nitrogen and oxygen atoms in total. The van der Waals surface area contributed by atoms with E-state index in [0.29, 0.717) is 30.3 Å². The summed E-state index contributed by atoms with van der Waals surface area (Å²) in [5, 5.41) is 2.69. The topological polar surface area (TPSA) is 86.8 Å². The molecule has 130 valence electrons. The average molecular weight is 342 g/mol. The van der Waals surface area contributed by atoms with Crippen molar-refractivity contribution in [3.63, 3.8) is 0 Å². The number of ether oxygens (including phenoxy) is 3. The lowest BCUT2D eigenvalue weighted by Crippen LogP contribution is -2.17. The molecule has 1 aliphatic heterocycles. The van der Waals surface area contributed by atoms with Crippen LogP contribution in [0.15, 0.2) is 42.6 Å². The van der Waals surface area contributed by atoms with Crippen LogP contribution in [-0.2, 0) is 9.47 Å². The number of nitrogens with one attached hydrogen (secondary N) is 1. The van der Waals surface area contributed by atoms with Crippen molar-refractivity contribution in [3.05, 3.63) is 53.7 Å². The summed E-state index contributed by atoms with van der Waals surface area (Å²) in [5.41, 5.74) is 1.02. The second-order valence-corrected chi connectivity index (χ2v) is 5.48. The Balaban J connectivity index is 1.68. The molecule has 2 heterocycles. The van der Waals surface area contributed by atoms with E-state index in [1.165, 1.54) is 13.3 Å².